The second-order valence-electron chi connectivity index (χ2n) is 10.6. The first-order chi connectivity index (χ1) is 19.7. The number of aryl methyl sites for hydroxylation is 1. The van der Waals surface area contributed by atoms with Gasteiger partial charge in [-0.05, 0) is 56.0 Å². The van der Waals surface area contributed by atoms with Gasteiger partial charge in [-0.3, -0.25) is 13.9 Å². The number of amides is 2. The molecule has 0 spiro atoms. The van der Waals surface area contributed by atoms with Gasteiger partial charge in [-0.1, -0.05) is 86.3 Å². The molecule has 0 aliphatic heterocycles. The molecule has 1 aliphatic rings. The Morgan fingerprint density at radius 1 is 0.927 bits per heavy atom. The van der Waals surface area contributed by atoms with Crippen molar-refractivity contribution < 1.29 is 22.4 Å². The van der Waals surface area contributed by atoms with Gasteiger partial charge in [0.1, 0.15) is 18.4 Å². The van der Waals surface area contributed by atoms with Gasteiger partial charge in [0.25, 0.3) is 10.0 Å². The lowest BCUT2D eigenvalue weighted by atomic mass is 9.95. The molecule has 2 amide bonds. The molecule has 4 rings (SSSR count). The van der Waals surface area contributed by atoms with Crippen LogP contribution in [0.15, 0.2) is 83.8 Å². The molecule has 0 unspecified atom stereocenters. The number of nitrogens with one attached hydrogen (secondary N) is 1. The Morgan fingerprint density at radius 2 is 1.56 bits per heavy atom. The summed E-state index contributed by atoms with van der Waals surface area (Å²) in [7, 11) is -4.32. The van der Waals surface area contributed by atoms with E-state index in [4.69, 9.17) is 0 Å². The second-order valence-corrected chi connectivity index (χ2v) is 12.4. The summed E-state index contributed by atoms with van der Waals surface area (Å²) in [6, 6.07) is 20.1. The SMILES string of the molecule is CC[C@@H](C(=O)NC1CCCCC1)N(Cc1ccccc1)C(=O)CN(c1ccccc1F)S(=O)(=O)c1ccc(C)cc1. The van der Waals surface area contributed by atoms with Gasteiger partial charge in [-0.25, -0.2) is 12.8 Å². The highest BCUT2D eigenvalue weighted by Crippen LogP contribution is 2.27. The Labute approximate surface area is 242 Å². The van der Waals surface area contributed by atoms with Gasteiger partial charge in [-0.15, -0.1) is 0 Å². The zero-order chi connectivity index (χ0) is 29.4. The highest BCUT2D eigenvalue weighted by atomic mass is 32.2. The smallest absolute Gasteiger partial charge is 0.264 e. The van der Waals surface area contributed by atoms with E-state index in [1.807, 2.05) is 44.2 Å². The van der Waals surface area contributed by atoms with Crippen molar-refractivity contribution in [1.82, 2.24) is 10.2 Å². The molecule has 0 bridgehead atoms. The zero-order valence-electron chi connectivity index (χ0n) is 23.6. The molecule has 0 saturated heterocycles. The molecule has 0 heterocycles. The quantitative estimate of drug-likeness (QED) is 0.321. The zero-order valence-corrected chi connectivity index (χ0v) is 24.4. The minimum absolute atomic E-state index is 0.0517. The van der Waals surface area contributed by atoms with Crippen LogP contribution in [0.4, 0.5) is 10.1 Å². The molecular formula is C32H38FN3O4S. The summed E-state index contributed by atoms with van der Waals surface area (Å²) in [5.74, 6) is -1.63. The Hall–Kier alpha value is -3.72. The average Bonchev–Trinajstić information content (AvgIpc) is 2.97. The molecule has 7 nitrogen and oxygen atoms in total. The van der Waals surface area contributed by atoms with E-state index in [-0.39, 0.29) is 29.1 Å². The molecule has 0 aromatic heterocycles. The molecule has 9 heteroatoms. The van der Waals surface area contributed by atoms with Crippen molar-refractivity contribution in [3.63, 3.8) is 0 Å². The van der Waals surface area contributed by atoms with Gasteiger partial charge in [0.15, 0.2) is 0 Å². The van der Waals surface area contributed by atoms with Gasteiger partial charge >= 0.3 is 0 Å². The molecule has 3 aromatic rings. The van der Waals surface area contributed by atoms with Crippen molar-refractivity contribution in [2.75, 3.05) is 10.8 Å². The van der Waals surface area contributed by atoms with Crippen molar-refractivity contribution in [3.8, 4) is 0 Å². The first kappa shape index (κ1) is 30.2. The third-order valence-corrected chi connectivity index (χ3v) is 9.32. The molecule has 1 saturated carbocycles. The topological polar surface area (TPSA) is 86.8 Å². The highest BCUT2D eigenvalue weighted by Gasteiger charge is 2.35. The number of benzene rings is 3. The Kier molecular flexibility index (Phi) is 10.2. The van der Waals surface area contributed by atoms with Crippen LogP contribution in [-0.2, 0) is 26.2 Å². The fourth-order valence-electron chi connectivity index (χ4n) is 5.25. The largest absolute Gasteiger partial charge is 0.352 e. The molecule has 1 N–H and O–H groups in total. The third-order valence-electron chi connectivity index (χ3n) is 7.54. The molecule has 218 valence electrons. The van der Waals surface area contributed by atoms with Crippen molar-refractivity contribution in [2.45, 2.75) is 75.9 Å². The van der Waals surface area contributed by atoms with Crippen molar-refractivity contribution in [1.29, 1.82) is 0 Å². The van der Waals surface area contributed by atoms with Crippen LogP contribution in [0.5, 0.6) is 0 Å². The summed E-state index contributed by atoms with van der Waals surface area (Å²) in [4.78, 5) is 29.0. The van der Waals surface area contributed by atoms with E-state index in [0.717, 1.165) is 53.6 Å². The van der Waals surface area contributed by atoms with E-state index in [9.17, 15) is 18.0 Å². The lowest BCUT2D eigenvalue weighted by Gasteiger charge is -2.34. The fourth-order valence-corrected chi connectivity index (χ4v) is 6.67. The van der Waals surface area contributed by atoms with E-state index in [1.165, 1.54) is 35.2 Å². The van der Waals surface area contributed by atoms with Gasteiger partial charge < -0.3 is 10.2 Å². The van der Waals surface area contributed by atoms with Crippen LogP contribution < -0.4 is 9.62 Å². The Balaban J connectivity index is 1.70. The van der Waals surface area contributed by atoms with Gasteiger partial charge in [0, 0.05) is 12.6 Å². The highest BCUT2D eigenvalue weighted by molar-refractivity contribution is 7.92. The van der Waals surface area contributed by atoms with E-state index in [2.05, 4.69) is 5.32 Å². The third kappa shape index (κ3) is 7.52. The maximum absolute atomic E-state index is 15.1. The standard InChI is InChI=1S/C32H38FN3O4S/c1-3-29(32(38)34-26-14-8-5-9-15-26)35(22-25-12-6-4-7-13-25)31(37)23-36(30-17-11-10-16-28(30)33)41(39,40)27-20-18-24(2)19-21-27/h4,6-7,10-13,16-21,26,29H,3,5,8-9,14-15,22-23H2,1-2H3,(H,34,38)/t29-/m0/s1. The first-order valence-corrected chi connectivity index (χ1v) is 15.6. The molecule has 1 atom stereocenters. The number of sulfonamides is 1. The van der Waals surface area contributed by atoms with E-state index < -0.39 is 34.3 Å². The van der Waals surface area contributed by atoms with Crippen LogP contribution in [0.2, 0.25) is 0 Å². The average molecular weight is 580 g/mol. The molecule has 1 aliphatic carbocycles. The fraction of sp³-hybridized carbons (Fsp3) is 0.375. The number of carbonyl (C=O) groups is 2. The minimum Gasteiger partial charge on any atom is -0.352 e. The minimum atomic E-state index is -4.32. The first-order valence-electron chi connectivity index (χ1n) is 14.2. The number of hydrogen-bond acceptors (Lipinski definition) is 4. The van der Waals surface area contributed by atoms with E-state index in [1.54, 1.807) is 12.1 Å². The van der Waals surface area contributed by atoms with Gasteiger partial charge in [0.05, 0.1) is 10.6 Å². The summed E-state index contributed by atoms with van der Waals surface area (Å²) in [5, 5.41) is 3.12. The summed E-state index contributed by atoms with van der Waals surface area (Å²) < 4.78 is 43.6. The molecule has 1 fully saturated rings. The Bertz CT molecular complexity index is 1420. The molecule has 3 aromatic carbocycles. The lowest BCUT2D eigenvalue weighted by Crippen LogP contribution is -2.54. The van der Waals surface area contributed by atoms with Gasteiger partial charge in [0.2, 0.25) is 11.8 Å². The van der Waals surface area contributed by atoms with E-state index in [0.29, 0.717) is 6.42 Å². The Morgan fingerprint density at radius 3 is 2.20 bits per heavy atom. The van der Waals surface area contributed by atoms with Crippen LogP contribution in [0, 0.1) is 12.7 Å². The number of anilines is 1. The monoisotopic (exact) mass is 579 g/mol. The van der Waals surface area contributed by atoms with Crippen LogP contribution in [0.3, 0.4) is 0 Å². The van der Waals surface area contributed by atoms with Crippen LogP contribution in [-0.4, -0.2) is 43.8 Å². The number of rotatable bonds is 11. The predicted molar refractivity (Wildman–Crippen MR) is 158 cm³/mol. The number of para-hydroxylation sites is 1. The van der Waals surface area contributed by atoms with Crippen molar-refractivity contribution >= 4 is 27.5 Å². The van der Waals surface area contributed by atoms with E-state index >= 15 is 4.39 Å². The second kappa shape index (κ2) is 13.8. The van der Waals surface area contributed by atoms with Gasteiger partial charge in [-0.2, -0.15) is 0 Å². The molecule has 0 radical (unpaired) electrons. The molecular weight excluding hydrogens is 541 g/mol. The predicted octanol–water partition coefficient (Wildman–Crippen LogP) is 5.59. The lowest BCUT2D eigenvalue weighted by molar-refractivity contribution is -0.140. The van der Waals surface area contributed by atoms with Crippen molar-refractivity contribution in [3.05, 3.63) is 95.8 Å². The molecule has 41 heavy (non-hydrogen) atoms. The number of carbonyl (C=O) groups excluding carboxylic acids is 2. The number of nitrogens with zero attached hydrogens (tertiary/aromatic N) is 2. The van der Waals surface area contributed by atoms with Crippen LogP contribution in [0.25, 0.3) is 0 Å². The summed E-state index contributed by atoms with van der Waals surface area (Å²) >= 11 is 0. The summed E-state index contributed by atoms with van der Waals surface area (Å²) in [6.07, 6.45) is 5.35. The van der Waals surface area contributed by atoms with Crippen LogP contribution >= 0.6 is 0 Å². The maximum Gasteiger partial charge on any atom is 0.264 e. The maximum atomic E-state index is 15.1. The summed E-state index contributed by atoms with van der Waals surface area (Å²) in [6.45, 7) is 3.09. The van der Waals surface area contributed by atoms with Crippen LogP contribution in [0.1, 0.15) is 56.6 Å². The number of halogens is 1. The summed E-state index contributed by atoms with van der Waals surface area (Å²) in [5.41, 5.74) is 1.42. The normalized spacial score (nSPS) is 14.7. The van der Waals surface area contributed by atoms with Crippen molar-refractivity contribution in [2.24, 2.45) is 0 Å². The number of hydrogen-bond donors (Lipinski definition) is 1.